The Labute approximate surface area is 94.4 Å². The fraction of sp³-hybridized carbons (Fsp3) is 0. The van der Waals surface area contributed by atoms with Gasteiger partial charge in [-0.2, -0.15) is 0 Å². The zero-order valence-electron chi connectivity index (χ0n) is 8.80. The largest absolute Gasteiger partial charge is 0.399 e. The highest BCUT2D eigenvalue weighted by molar-refractivity contribution is 5.82. The maximum absolute atomic E-state index is 5.59. The summed E-state index contributed by atoms with van der Waals surface area (Å²) in [5.74, 6) is 0. The van der Waals surface area contributed by atoms with Crippen LogP contribution >= 0.6 is 0 Å². The van der Waals surface area contributed by atoms with E-state index in [0.29, 0.717) is 0 Å². The third kappa shape index (κ3) is 2.60. The normalized spacial score (nSPS) is 10.8. The fourth-order valence-corrected chi connectivity index (χ4v) is 1.29. The molecule has 0 heterocycles. The topological polar surface area (TPSA) is 64.4 Å². The molecule has 80 valence electrons. The highest BCUT2D eigenvalue weighted by Gasteiger charge is 1.89. The van der Waals surface area contributed by atoms with Crippen LogP contribution in [-0.4, -0.2) is 6.21 Å². The smallest absolute Gasteiger partial charge is 0.0631 e. The van der Waals surface area contributed by atoms with Gasteiger partial charge in [-0.3, -0.25) is 4.99 Å². The molecule has 3 nitrogen and oxygen atoms in total. The summed E-state index contributed by atoms with van der Waals surface area (Å²) < 4.78 is 0. The molecular weight excluding hydrogens is 198 g/mol. The summed E-state index contributed by atoms with van der Waals surface area (Å²) >= 11 is 0. The fourth-order valence-electron chi connectivity index (χ4n) is 1.29. The van der Waals surface area contributed by atoms with Crippen molar-refractivity contribution in [2.75, 3.05) is 11.5 Å². The average Bonchev–Trinajstić information content (AvgIpc) is 2.30. The maximum Gasteiger partial charge on any atom is 0.0631 e. The number of hydrogen-bond donors (Lipinski definition) is 2. The van der Waals surface area contributed by atoms with E-state index >= 15 is 0 Å². The number of anilines is 2. The van der Waals surface area contributed by atoms with E-state index < -0.39 is 0 Å². The second-order valence-corrected chi connectivity index (χ2v) is 3.52. The van der Waals surface area contributed by atoms with Crippen molar-refractivity contribution in [3.05, 3.63) is 54.1 Å². The molecule has 0 aliphatic rings. The molecule has 0 fully saturated rings. The van der Waals surface area contributed by atoms with Gasteiger partial charge < -0.3 is 11.5 Å². The predicted molar refractivity (Wildman–Crippen MR) is 69.0 cm³/mol. The molecule has 0 aromatic heterocycles. The highest BCUT2D eigenvalue weighted by atomic mass is 14.7. The van der Waals surface area contributed by atoms with Gasteiger partial charge in [0.05, 0.1) is 5.69 Å². The van der Waals surface area contributed by atoms with Crippen LogP contribution < -0.4 is 11.5 Å². The Morgan fingerprint density at radius 2 is 1.25 bits per heavy atom. The summed E-state index contributed by atoms with van der Waals surface area (Å²) in [6, 6.07) is 15.0. The van der Waals surface area contributed by atoms with Gasteiger partial charge in [-0.15, -0.1) is 0 Å². The van der Waals surface area contributed by atoms with E-state index in [1.54, 1.807) is 6.21 Å². The number of nitrogens with zero attached hydrogens (tertiary/aromatic N) is 1. The van der Waals surface area contributed by atoms with Gasteiger partial charge in [0.15, 0.2) is 0 Å². The van der Waals surface area contributed by atoms with Crippen molar-refractivity contribution in [1.82, 2.24) is 0 Å². The number of rotatable bonds is 2. The van der Waals surface area contributed by atoms with Gasteiger partial charge in [0, 0.05) is 17.6 Å². The molecule has 0 spiro atoms. The first-order valence-corrected chi connectivity index (χ1v) is 4.99. The van der Waals surface area contributed by atoms with Crippen molar-refractivity contribution in [2.45, 2.75) is 0 Å². The highest BCUT2D eigenvalue weighted by Crippen LogP contribution is 2.14. The van der Waals surface area contributed by atoms with E-state index in [4.69, 9.17) is 11.5 Å². The quantitative estimate of drug-likeness (QED) is 0.592. The zero-order valence-corrected chi connectivity index (χ0v) is 8.80. The second-order valence-electron chi connectivity index (χ2n) is 3.52. The first kappa shape index (κ1) is 10.2. The lowest BCUT2D eigenvalue weighted by Crippen LogP contribution is -1.85. The van der Waals surface area contributed by atoms with Crippen LogP contribution in [0.2, 0.25) is 0 Å². The monoisotopic (exact) mass is 211 g/mol. The van der Waals surface area contributed by atoms with Gasteiger partial charge in [0.25, 0.3) is 0 Å². The van der Waals surface area contributed by atoms with Crippen molar-refractivity contribution in [2.24, 2.45) is 4.99 Å². The molecule has 2 aromatic rings. The summed E-state index contributed by atoms with van der Waals surface area (Å²) in [4.78, 5) is 4.33. The molecule has 0 saturated carbocycles. The Kier molecular flexibility index (Phi) is 2.87. The van der Waals surface area contributed by atoms with Crippen LogP contribution in [0.4, 0.5) is 17.1 Å². The van der Waals surface area contributed by atoms with E-state index in [0.717, 1.165) is 22.6 Å². The van der Waals surface area contributed by atoms with Gasteiger partial charge >= 0.3 is 0 Å². The number of nitrogen functional groups attached to an aromatic ring is 2. The zero-order chi connectivity index (χ0) is 11.4. The molecule has 2 rings (SSSR count). The first-order chi connectivity index (χ1) is 7.74. The van der Waals surface area contributed by atoms with Crippen LogP contribution in [0.15, 0.2) is 53.5 Å². The van der Waals surface area contributed by atoms with Gasteiger partial charge in [0.2, 0.25) is 0 Å². The van der Waals surface area contributed by atoms with Gasteiger partial charge in [-0.25, -0.2) is 0 Å². The number of nitrogens with two attached hydrogens (primary N) is 2. The van der Waals surface area contributed by atoms with Crippen LogP contribution in [0, 0.1) is 0 Å². The lowest BCUT2D eigenvalue weighted by Gasteiger charge is -1.96. The molecular formula is C13H13N3. The molecule has 0 atom stereocenters. The van der Waals surface area contributed by atoms with Crippen molar-refractivity contribution < 1.29 is 0 Å². The van der Waals surface area contributed by atoms with E-state index in [1.165, 1.54) is 0 Å². The van der Waals surface area contributed by atoms with E-state index in [2.05, 4.69) is 4.99 Å². The summed E-state index contributed by atoms with van der Waals surface area (Å²) in [6.45, 7) is 0. The van der Waals surface area contributed by atoms with Crippen molar-refractivity contribution in [3.63, 3.8) is 0 Å². The van der Waals surface area contributed by atoms with Crippen LogP contribution in [-0.2, 0) is 0 Å². The van der Waals surface area contributed by atoms with Crippen LogP contribution in [0.3, 0.4) is 0 Å². The Bertz CT molecular complexity index is 436. The molecule has 0 aliphatic heterocycles. The summed E-state index contributed by atoms with van der Waals surface area (Å²) in [5.41, 5.74) is 14.6. The molecule has 16 heavy (non-hydrogen) atoms. The summed E-state index contributed by atoms with van der Waals surface area (Å²) in [6.07, 6.45) is 1.80. The molecule has 4 N–H and O–H groups in total. The van der Waals surface area contributed by atoms with Crippen LogP contribution in [0.5, 0.6) is 0 Å². The van der Waals surface area contributed by atoms with Crippen molar-refractivity contribution >= 4 is 23.3 Å². The minimum atomic E-state index is 0.742. The van der Waals surface area contributed by atoms with Gasteiger partial charge in [-0.1, -0.05) is 12.1 Å². The first-order valence-electron chi connectivity index (χ1n) is 4.99. The minimum Gasteiger partial charge on any atom is -0.399 e. The van der Waals surface area contributed by atoms with E-state index in [-0.39, 0.29) is 0 Å². The second kappa shape index (κ2) is 4.49. The molecule has 0 bridgehead atoms. The van der Waals surface area contributed by atoms with Crippen LogP contribution in [0.1, 0.15) is 5.56 Å². The van der Waals surface area contributed by atoms with Gasteiger partial charge in [-0.05, 0) is 42.0 Å². The molecule has 2 aromatic carbocycles. The lowest BCUT2D eigenvalue weighted by molar-refractivity contribution is 1.52. The molecule has 0 amide bonds. The Morgan fingerprint density at radius 1 is 0.750 bits per heavy atom. The third-order valence-electron chi connectivity index (χ3n) is 2.19. The molecule has 0 radical (unpaired) electrons. The molecule has 0 saturated heterocycles. The Balaban J connectivity index is 2.15. The molecule has 0 unspecified atom stereocenters. The number of aliphatic imine (C=N–C) groups is 1. The summed E-state index contributed by atoms with van der Waals surface area (Å²) in [7, 11) is 0. The minimum absolute atomic E-state index is 0.742. The standard InChI is InChI=1S/C13H13N3/c14-11-3-1-10(2-4-11)9-16-13-7-5-12(15)6-8-13/h1-9H,14-15H2. The maximum atomic E-state index is 5.59. The third-order valence-corrected chi connectivity index (χ3v) is 2.19. The van der Waals surface area contributed by atoms with Crippen molar-refractivity contribution in [1.29, 1.82) is 0 Å². The number of benzene rings is 2. The Hall–Kier alpha value is -2.29. The van der Waals surface area contributed by atoms with E-state index in [9.17, 15) is 0 Å². The van der Waals surface area contributed by atoms with E-state index in [1.807, 2.05) is 48.5 Å². The molecule has 0 aliphatic carbocycles. The van der Waals surface area contributed by atoms with Crippen LogP contribution in [0.25, 0.3) is 0 Å². The SMILES string of the molecule is Nc1ccc(C=Nc2ccc(N)cc2)cc1. The number of hydrogen-bond acceptors (Lipinski definition) is 3. The predicted octanol–water partition coefficient (Wildman–Crippen LogP) is 2.60. The lowest BCUT2D eigenvalue weighted by atomic mass is 10.2. The Morgan fingerprint density at radius 3 is 1.81 bits per heavy atom. The molecule has 3 heteroatoms. The van der Waals surface area contributed by atoms with Gasteiger partial charge in [0.1, 0.15) is 0 Å². The average molecular weight is 211 g/mol. The summed E-state index contributed by atoms with van der Waals surface area (Å²) in [5, 5.41) is 0. The van der Waals surface area contributed by atoms with Crippen molar-refractivity contribution in [3.8, 4) is 0 Å².